The number of methoxy groups -OCH3 is 2. The summed E-state index contributed by atoms with van der Waals surface area (Å²) < 4.78 is 15.2. The second kappa shape index (κ2) is 10.7. The lowest BCUT2D eigenvalue weighted by Gasteiger charge is -2.09. The Balaban J connectivity index is 2.50. The van der Waals surface area contributed by atoms with Crippen molar-refractivity contribution in [3.8, 4) is 11.5 Å². The first-order valence-electron chi connectivity index (χ1n) is 7.61. The highest BCUT2D eigenvalue weighted by Gasteiger charge is 2.09. The van der Waals surface area contributed by atoms with Gasteiger partial charge in [-0.05, 0) is 19.1 Å². The SMILES string of the molecule is CCNC(=O)CNC(=O)COC(=O)/C=C/c1cccc(OC)c1OC. The van der Waals surface area contributed by atoms with Crippen LogP contribution >= 0.6 is 0 Å². The fourth-order valence-corrected chi connectivity index (χ4v) is 1.88. The molecular weight excluding hydrogens is 328 g/mol. The molecule has 0 aliphatic rings. The van der Waals surface area contributed by atoms with Crippen LogP contribution in [0, 0.1) is 0 Å². The van der Waals surface area contributed by atoms with Gasteiger partial charge < -0.3 is 24.8 Å². The lowest BCUT2D eigenvalue weighted by atomic mass is 10.1. The van der Waals surface area contributed by atoms with E-state index >= 15 is 0 Å². The van der Waals surface area contributed by atoms with E-state index in [2.05, 4.69) is 10.6 Å². The van der Waals surface area contributed by atoms with E-state index in [0.717, 1.165) is 0 Å². The maximum atomic E-state index is 11.7. The third-order valence-electron chi connectivity index (χ3n) is 3.00. The van der Waals surface area contributed by atoms with Gasteiger partial charge in [0.05, 0.1) is 20.8 Å². The van der Waals surface area contributed by atoms with E-state index in [1.54, 1.807) is 25.1 Å². The molecule has 1 aromatic rings. The largest absolute Gasteiger partial charge is 0.493 e. The summed E-state index contributed by atoms with van der Waals surface area (Å²) in [6, 6.07) is 5.22. The van der Waals surface area contributed by atoms with Gasteiger partial charge in [-0.2, -0.15) is 0 Å². The fourth-order valence-electron chi connectivity index (χ4n) is 1.88. The molecule has 0 bridgehead atoms. The zero-order valence-corrected chi connectivity index (χ0v) is 14.5. The van der Waals surface area contributed by atoms with Gasteiger partial charge in [0.2, 0.25) is 5.91 Å². The number of carbonyl (C=O) groups is 3. The molecule has 0 heterocycles. The summed E-state index contributed by atoms with van der Waals surface area (Å²) in [6.45, 7) is 1.60. The second-order valence-corrected chi connectivity index (χ2v) is 4.75. The van der Waals surface area contributed by atoms with Crippen LogP contribution in [0.3, 0.4) is 0 Å². The number of para-hydroxylation sites is 1. The van der Waals surface area contributed by atoms with E-state index in [4.69, 9.17) is 14.2 Å². The van der Waals surface area contributed by atoms with Crippen molar-refractivity contribution in [1.29, 1.82) is 0 Å². The Bertz CT molecular complexity index is 642. The molecule has 0 aliphatic carbocycles. The third-order valence-corrected chi connectivity index (χ3v) is 3.00. The number of nitrogens with one attached hydrogen (secondary N) is 2. The van der Waals surface area contributed by atoms with Crippen LogP contribution in [0.5, 0.6) is 11.5 Å². The first-order valence-corrected chi connectivity index (χ1v) is 7.61. The van der Waals surface area contributed by atoms with E-state index < -0.39 is 18.5 Å². The molecule has 1 rings (SSSR count). The normalized spacial score (nSPS) is 10.2. The van der Waals surface area contributed by atoms with Crippen molar-refractivity contribution in [2.75, 3.05) is 33.9 Å². The quantitative estimate of drug-likeness (QED) is 0.497. The minimum atomic E-state index is -0.696. The van der Waals surface area contributed by atoms with E-state index in [0.29, 0.717) is 23.6 Å². The average Bonchev–Trinajstić information content (AvgIpc) is 2.62. The first-order chi connectivity index (χ1) is 12.0. The fraction of sp³-hybridized carbons (Fsp3) is 0.353. The topological polar surface area (TPSA) is 103 Å². The van der Waals surface area contributed by atoms with Gasteiger partial charge in [-0.25, -0.2) is 4.79 Å². The van der Waals surface area contributed by atoms with Crippen LogP contribution in [0.25, 0.3) is 6.08 Å². The summed E-state index contributed by atoms with van der Waals surface area (Å²) in [5.74, 6) is -0.561. The van der Waals surface area contributed by atoms with Crippen molar-refractivity contribution in [3.63, 3.8) is 0 Å². The van der Waals surface area contributed by atoms with Crippen LogP contribution in [-0.4, -0.2) is 51.7 Å². The number of likely N-dealkylation sites (N-methyl/N-ethyl adjacent to an activating group) is 1. The van der Waals surface area contributed by atoms with Crippen LogP contribution in [0.1, 0.15) is 12.5 Å². The van der Waals surface area contributed by atoms with Crippen LogP contribution in [0.15, 0.2) is 24.3 Å². The Hall–Kier alpha value is -3.03. The number of esters is 1. The molecule has 2 N–H and O–H groups in total. The van der Waals surface area contributed by atoms with Gasteiger partial charge in [-0.1, -0.05) is 12.1 Å². The number of carbonyl (C=O) groups excluding carboxylic acids is 3. The summed E-state index contributed by atoms with van der Waals surface area (Å²) >= 11 is 0. The molecule has 8 heteroatoms. The lowest BCUT2D eigenvalue weighted by molar-refractivity contribution is -0.143. The van der Waals surface area contributed by atoms with Gasteiger partial charge in [0.15, 0.2) is 18.1 Å². The van der Waals surface area contributed by atoms with Crippen molar-refractivity contribution in [2.24, 2.45) is 0 Å². The second-order valence-electron chi connectivity index (χ2n) is 4.75. The lowest BCUT2D eigenvalue weighted by Crippen LogP contribution is -2.38. The number of hydrogen-bond acceptors (Lipinski definition) is 6. The van der Waals surface area contributed by atoms with Crippen molar-refractivity contribution < 1.29 is 28.6 Å². The van der Waals surface area contributed by atoms with Gasteiger partial charge in [-0.3, -0.25) is 9.59 Å². The molecule has 0 aromatic heterocycles. The minimum Gasteiger partial charge on any atom is -0.493 e. The molecule has 0 aliphatic heterocycles. The molecule has 0 saturated heterocycles. The first kappa shape index (κ1) is 20.0. The number of benzene rings is 1. The zero-order chi connectivity index (χ0) is 18.7. The molecule has 8 nitrogen and oxygen atoms in total. The van der Waals surface area contributed by atoms with Gasteiger partial charge in [-0.15, -0.1) is 0 Å². The standard InChI is InChI=1S/C17H22N2O6/c1-4-18-14(20)10-19-15(21)11-25-16(22)9-8-12-6-5-7-13(23-2)17(12)24-3/h5-9H,4,10-11H2,1-3H3,(H,18,20)(H,19,21)/b9-8+. The minimum absolute atomic E-state index is 0.166. The van der Waals surface area contributed by atoms with Crippen LogP contribution in [-0.2, 0) is 19.1 Å². The van der Waals surface area contributed by atoms with Crippen molar-refractivity contribution in [2.45, 2.75) is 6.92 Å². The summed E-state index contributed by atoms with van der Waals surface area (Å²) in [6.07, 6.45) is 2.67. The van der Waals surface area contributed by atoms with E-state index in [9.17, 15) is 14.4 Å². The maximum absolute atomic E-state index is 11.7. The molecule has 0 fully saturated rings. The number of hydrogen-bond donors (Lipinski definition) is 2. The molecule has 25 heavy (non-hydrogen) atoms. The summed E-state index contributed by atoms with van der Waals surface area (Å²) in [5.41, 5.74) is 0.625. The molecule has 0 radical (unpaired) electrons. The van der Waals surface area contributed by atoms with Crippen LogP contribution in [0.2, 0.25) is 0 Å². The monoisotopic (exact) mass is 350 g/mol. The van der Waals surface area contributed by atoms with Crippen LogP contribution < -0.4 is 20.1 Å². The Kier molecular flexibility index (Phi) is 8.56. The summed E-state index contributed by atoms with van der Waals surface area (Å²) in [4.78, 5) is 34.4. The van der Waals surface area contributed by atoms with Crippen molar-refractivity contribution in [3.05, 3.63) is 29.8 Å². The number of amides is 2. The van der Waals surface area contributed by atoms with Gasteiger partial charge in [0.25, 0.3) is 5.91 Å². The highest BCUT2D eigenvalue weighted by Crippen LogP contribution is 2.31. The molecule has 0 atom stereocenters. The molecule has 0 spiro atoms. The van der Waals surface area contributed by atoms with Gasteiger partial charge in [0.1, 0.15) is 0 Å². The third kappa shape index (κ3) is 6.94. The molecule has 2 amide bonds. The Morgan fingerprint density at radius 2 is 1.84 bits per heavy atom. The summed E-state index contributed by atoms with van der Waals surface area (Å²) in [7, 11) is 3.01. The highest BCUT2D eigenvalue weighted by atomic mass is 16.5. The number of rotatable bonds is 9. The summed E-state index contributed by atoms with van der Waals surface area (Å²) in [5, 5.41) is 4.87. The predicted octanol–water partition coefficient (Wildman–Crippen LogP) is 0.513. The van der Waals surface area contributed by atoms with Crippen LogP contribution in [0.4, 0.5) is 0 Å². The smallest absolute Gasteiger partial charge is 0.331 e. The molecule has 136 valence electrons. The highest BCUT2D eigenvalue weighted by molar-refractivity contribution is 5.90. The Labute approximate surface area is 146 Å². The molecule has 0 saturated carbocycles. The van der Waals surface area contributed by atoms with Gasteiger partial charge in [0, 0.05) is 18.2 Å². The van der Waals surface area contributed by atoms with E-state index in [1.165, 1.54) is 26.4 Å². The Morgan fingerprint density at radius 3 is 2.48 bits per heavy atom. The zero-order valence-electron chi connectivity index (χ0n) is 14.5. The van der Waals surface area contributed by atoms with Crippen molar-refractivity contribution >= 4 is 23.9 Å². The molecular formula is C17H22N2O6. The van der Waals surface area contributed by atoms with Gasteiger partial charge >= 0.3 is 5.97 Å². The molecule has 1 aromatic carbocycles. The maximum Gasteiger partial charge on any atom is 0.331 e. The number of ether oxygens (including phenoxy) is 3. The van der Waals surface area contributed by atoms with E-state index in [-0.39, 0.29) is 12.5 Å². The van der Waals surface area contributed by atoms with E-state index in [1.807, 2.05) is 0 Å². The average molecular weight is 350 g/mol. The van der Waals surface area contributed by atoms with Crippen molar-refractivity contribution in [1.82, 2.24) is 10.6 Å². The predicted molar refractivity (Wildman–Crippen MR) is 91.2 cm³/mol. The molecule has 0 unspecified atom stereocenters. The Morgan fingerprint density at radius 1 is 1.08 bits per heavy atom.